The van der Waals surface area contributed by atoms with E-state index in [1.54, 1.807) is 0 Å². The zero-order valence-corrected chi connectivity index (χ0v) is 13.3. The van der Waals surface area contributed by atoms with Crippen molar-refractivity contribution < 1.29 is 4.79 Å². The molecule has 0 radical (unpaired) electrons. The van der Waals surface area contributed by atoms with Crippen LogP contribution in [0.3, 0.4) is 0 Å². The number of carbonyl (C=O) groups is 1. The van der Waals surface area contributed by atoms with Crippen LogP contribution in [-0.2, 0) is 4.79 Å². The minimum atomic E-state index is -0.377. The predicted molar refractivity (Wildman–Crippen MR) is 79.8 cm³/mol. The smallest absolute Gasteiger partial charge is 0.155 e. The average molecular weight is 253 g/mol. The van der Waals surface area contributed by atoms with Gasteiger partial charge in [0, 0.05) is 12.0 Å². The normalized spacial score (nSPS) is 14.7. The Morgan fingerprint density at radius 1 is 1.22 bits per heavy atom. The van der Waals surface area contributed by atoms with E-state index in [0.29, 0.717) is 11.8 Å². The number of unbranched alkanes of at least 4 members (excludes halogenated alkanes) is 1. The van der Waals surface area contributed by atoms with Crippen LogP contribution < -0.4 is 5.32 Å². The topological polar surface area (TPSA) is 29.1 Å². The van der Waals surface area contributed by atoms with Crippen molar-refractivity contribution in [1.82, 2.24) is 5.32 Å². The lowest BCUT2D eigenvalue weighted by Gasteiger charge is -2.33. The van der Waals surface area contributed by atoms with E-state index in [9.17, 15) is 4.79 Å². The molecular weight excluding hydrogens is 222 g/mol. The number of rotatable bonds is 8. The second-order valence-corrected chi connectivity index (χ2v) is 6.32. The molecule has 18 heavy (non-hydrogen) atoms. The van der Waals surface area contributed by atoms with E-state index in [2.05, 4.69) is 46.0 Å². The van der Waals surface area contributed by atoms with Gasteiger partial charge in [-0.05, 0) is 53.9 Å². The third-order valence-electron chi connectivity index (χ3n) is 3.11. The molecule has 0 bridgehead atoms. The van der Waals surface area contributed by atoms with Gasteiger partial charge in [0.25, 0.3) is 0 Å². The van der Waals surface area contributed by atoms with Gasteiger partial charge in [0.1, 0.15) is 0 Å². The summed E-state index contributed by atoms with van der Waals surface area (Å²) in [6, 6.07) is 0.334. The molecule has 0 rings (SSSR count). The van der Waals surface area contributed by atoms with Gasteiger partial charge in [-0.25, -0.2) is 0 Å². The minimum Gasteiger partial charge on any atom is -0.303 e. The van der Waals surface area contributed by atoms with Gasteiger partial charge in [0.2, 0.25) is 0 Å². The number of Topliss-reactive ketones (excluding diaryl/α,β-unsaturated/α-hetero) is 1. The molecule has 0 saturated heterocycles. The van der Waals surface area contributed by atoms with E-state index in [1.165, 1.54) is 5.57 Å². The molecule has 0 aromatic heterocycles. The quantitative estimate of drug-likeness (QED) is 0.521. The van der Waals surface area contributed by atoms with Gasteiger partial charge in [-0.3, -0.25) is 4.79 Å². The number of hydrogen-bond donors (Lipinski definition) is 1. The van der Waals surface area contributed by atoms with Crippen LogP contribution in [0.4, 0.5) is 0 Å². The van der Waals surface area contributed by atoms with Gasteiger partial charge in [0.05, 0.1) is 5.54 Å². The highest BCUT2D eigenvalue weighted by atomic mass is 16.1. The van der Waals surface area contributed by atoms with Crippen LogP contribution in [0, 0.1) is 5.92 Å². The first-order valence-electron chi connectivity index (χ1n) is 7.14. The second-order valence-electron chi connectivity index (χ2n) is 6.32. The molecule has 1 atom stereocenters. The molecule has 106 valence electrons. The van der Waals surface area contributed by atoms with E-state index in [1.807, 2.05) is 13.8 Å². The first-order chi connectivity index (χ1) is 8.19. The standard InChI is InChI=1S/C16H31NO/c1-12(2)10-8-9-11-16(7,17-14(5)6)15(18)13(3)4/h10,13-14,17H,8-9,11H2,1-7H3/t16-/m1/s1. The van der Waals surface area contributed by atoms with Gasteiger partial charge in [0.15, 0.2) is 5.78 Å². The highest BCUT2D eigenvalue weighted by molar-refractivity contribution is 5.89. The SMILES string of the molecule is CC(C)=CCCC[C@@](C)(NC(C)C)C(=O)C(C)C. The maximum atomic E-state index is 12.4. The van der Waals surface area contributed by atoms with Crippen molar-refractivity contribution in [3.8, 4) is 0 Å². The van der Waals surface area contributed by atoms with Crippen LogP contribution in [0.15, 0.2) is 11.6 Å². The van der Waals surface area contributed by atoms with Crippen LogP contribution in [0.25, 0.3) is 0 Å². The van der Waals surface area contributed by atoms with Crippen LogP contribution in [-0.4, -0.2) is 17.4 Å². The number of ketones is 1. The molecule has 0 spiro atoms. The van der Waals surface area contributed by atoms with E-state index in [0.717, 1.165) is 19.3 Å². The molecule has 2 heteroatoms. The van der Waals surface area contributed by atoms with E-state index in [-0.39, 0.29) is 11.5 Å². The predicted octanol–water partition coefficient (Wildman–Crippen LogP) is 4.10. The van der Waals surface area contributed by atoms with E-state index in [4.69, 9.17) is 0 Å². The van der Waals surface area contributed by atoms with Gasteiger partial charge in [-0.15, -0.1) is 0 Å². The summed E-state index contributed by atoms with van der Waals surface area (Å²) in [5.74, 6) is 0.415. The summed E-state index contributed by atoms with van der Waals surface area (Å²) in [6.45, 7) is 14.5. The lowest BCUT2D eigenvalue weighted by Crippen LogP contribution is -2.53. The van der Waals surface area contributed by atoms with Crippen molar-refractivity contribution in [2.24, 2.45) is 5.92 Å². The first kappa shape index (κ1) is 17.4. The molecule has 0 aromatic rings. The third kappa shape index (κ3) is 6.34. The molecule has 0 fully saturated rings. The van der Waals surface area contributed by atoms with Gasteiger partial charge >= 0.3 is 0 Å². The van der Waals surface area contributed by atoms with Crippen molar-refractivity contribution in [3.63, 3.8) is 0 Å². The highest BCUT2D eigenvalue weighted by Gasteiger charge is 2.33. The molecule has 2 nitrogen and oxygen atoms in total. The van der Waals surface area contributed by atoms with Crippen molar-refractivity contribution in [1.29, 1.82) is 0 Å². The molecule has 0 unspecified atom stereocenters. The fraction of sp³-hybridized carbons (Fsp3) is 0.812. The Labute approximate surface area is 113 Å². The van der Waals surface area contributed by atoms with Crippen molar-refractivity contribution in [2.45, 2.75) is 79.3 Å². The van der Waals surface area contributed by atoms with Crippen LogP contribution in [0.5, 0.6) is 0 Å². The fourth-order valence-corrected chi connectivity index (χ4v) is 2.39. The zero-order chi connectivity index (χ0) is 14.3. The summed E-state index contributed by atoms with van der Waals surface area (Å²) in [6.07, 6.45) is 5.27. The Kier molecular flexibility index (Phi) is 7.46. The van der Waals surface area contributed by atoms with Crippen molar-refractivity contribution >= 4 is 5.78 Å². The highest BCUT2D eigenvalue weighted by Crippen LogP contribution is 2.20. The first-order valence-corrected chi connectivity index (χ1v) is 7.14. The van der Waals surface area contributed by atoms with Crippen LogP contribution >= 0.6 is 0 Å². The monoisotopic (exact) mass is 253 g/mol. The zero-order valence-electron chi connectivity index (χ0n) is 13.3. The molecule has 1 N–H and O–H groups in total. The van der Waals surface area contributed by atoms with Gasteiger partial charge < -0.3 is 5.32 Å². The van der Waals surface area contributed by atoms with Crippen LogP contribution in [0.2, 0.25) is 0 Å². The molecular formula is C16H31NO. The molecule has 0 heterocycles. The maximum Gasteiger partial charge on any atom is 0.155 e. The number of carbonyl (C=O) groups excluding carboxylic acids is 1. The molecule has 0 aromatic carbocycles. The summed E-state index contributed by atoms with van der Waals surface area (Å²) in [5, 5.41) is 3.46. The molecule has 0 aliphatic carbocycles. The second kappa shape index (κ2) is 7.73. The number of allylic oxidation sites excluding steroid dienone is 2. The Balaban J connectivity index is 4.58. The molecule has 0 aliphatic heterocycles. The Morgan fingerprint density at radius 2 is 1.78 bits per heavy atom. The third-order valence-corrected chi connectivity index (χ3v) is 3.11. The van der Waals surface area contributed by atoms with E-state index >= 15 is 0 Å². The van der Waals surface area contributed by atoms with E-state index < -0.39 is 0 Å². The molecule has 0 saturated carbocycles. The van der Waals surface area contributed by atoms with Crippen LogP contribution in [0.1, 0.15) is 67.7 Å². The lowest BCUT2D eigenvalue weighted by atomic mass is 9.84. The van der Waals surface area contributed by atoms with Gasteiger partial charge in [-0.1, -0.05) is 25.5 Å². The number of nitrogens with one attached hydrogen (secondary N) is 1. The van der Waals surface area contributed by atoms with Crippen molar-refractivity contribution in [2.75, 3.05) is 0 Å². The van der Waals surface area contributed by atoms with Gasteiger partial charge in [-0.2, -0.15) is 0 Å². The molecule has 0 amide bonds. The summed E-state index contributed by atoms with van der Waals surface area (Å²) < 4.78 is 0. The fourth-order valence-electron chi connectivity index (χ4n) is 2.39. The Morgan fingerprint density at radius 3 is 2.17 bits per heavy atom. The average Bonchev–Trinajstić information content (AvgIpc) is 2.22. The summed E-state index contributed by atoms with van der Waals surface area (Å²) >= 11 is 0. The lowest BCUT2D eigenvalue weighted by molar-refractivity contribution is -0.128. The Hall–Kier alpha value is -0.630. The maximum absolute atomic E-state index is 12.4. The minimum absolute atomic E-state index is 0.0877. The summed E-state index contributed by atoms with van der Waals surface area (Å²) in [7, 11) is 0. The molecule has 0 aliphatic rings. The summed E-state index contributed by atoms with van der Waals surface area (Å²) in [4.78, 5) is 12.4. The Bertz CT molecular complexity index is 287. The largest absolute Gasteiger partial charge is 0.303 e. The summed E-state index contributed by atoms with van der Waals surface area (Å²) in [5.41, 5.74) is 0.973. The van der Waals surface area contributed by atoms with Crippen molar-refractivity contribution in [3.05, 3.63) is 11.6 Å². The number of hydrogen-bond acceptors (Lipinski definition) is 2.